The second kappa shape index (κ2) is 11.2. The Bertz CT molecular complexity index is 833. The van der Waals surface area contributed by atoms with E-state index in [1.165, 1.54) is 5.56 Å². The summed E-state index contributed by atoms with van der Waals surface area (Å²) in [5.41, 5.74) is 2.15. The summed E-state index contributed by atoms with van der Waals surface area (Å²) >= 11 is 3.42. The third-order valence-electron chi connectivity index (χ3n) is 4.77. The highest BCUT2D eigenvalue weighted by Gasteiger charge is 2.26. The number of carbonyl (C=O) groups excluding carboxylic acids is 2. The van der Waals surface area contributed by atoms with Gasteiger partial charge in [-0.15, -0.1) is 0 Å². The maximum atomic E-state index is 13.0. The Hall–Kier alpha value is -2.34. The van der Waals surface area contributed by atoms with Crippen molar-refractivity contribution in [3.05, 3.63) is 64.1 Å². The van der Waals surface area contributed by atoms with Gasteiger partial charge in [-0.25, -0.2) is 0 Å². The lowest BCUT2D eigenvalue weighted by molar-refractivity contribution is -0.142. The third-order valence-corrected chi connectivity index (χ3v) is 5.30. The zero-order chi connectivity index (χ0) is 22.3. The van der Waals surface area contributed by atoms with Crippen molar-refractivity contribution in [2.24, 2.45) is 0 Å². The summed E-state index contributed by atoms with van der Waals surface area (Å²) in [6.07, 6.45) is 0. The first-order valence-corrected chi connectivity index (χ1v) is 11.0. The van der Waals surface area contributed by atoms with Gasteiger partial charge in [-0.05, 0) is 62.1 Å². The fourth-order valence-corrected chi connectivity index (χ4v) is 3.22. The highest BCUT2D eigenvalue weighted by molar-refractivity contribution is 9.10. The van der Waals surface area contributed by atoms with Crippen molar-refractivity contribution in [1.82, 2.24) is 10.2 Å². The Morgan fingerprint density at radius 1 is 0.967 bits per heavy atom. The Morgan fingerprint density at radius 2 is 1.57 bits per heavy atom. The molecular formula is C24H31BrN2O3. The SMILES string of the molecule is CC(C)NC(=O)[C@H](C)N(Cc1ccc(Br)cc1)C(=O)COc1ccc(C(C)C)cc1. The first-order valence-electron chi connectivity index (χ1n) is 10.2. The zero-order valence-electron chi connectivity index (χ0n) is 18.3. The zero-order valence-corrected chi connectivity index (χ0v) is 19.9. The molecule has 0 aromatic heterocycles. The van der Waals surface area contributed by atoms with E-state index in [9.17, 15) is 9.59 Å². The van der Waals surface area contributed by atoms with Crippen LogP contribution in [0.1, 0.15) is 51.7 Å². The number of benzene rings is 2. The van der Waals surface area contributed by atoms with Gasteiger partial charge < -0.3 is 15.0 Å². The molecule has 0 aliphatic heterocycles. The minimum atomic E-state index is -0.615. The highest BCUT2D eigenvalue weighted by atomic mass is 79.9. The van der Waals surface area contributed by atoms with Crippen LogP contribution in [-0.4, -0.2) is 35.4 Å². The van der Waals surface area contributed by atoms with Crippen molar-refractivity contribution in [1.29, 1.82) is 0 Å². The molecule has 2 aromatic carbocycles. The number of hydrogen-bond acceptors (Lipinski definition) is 3. The fraction of sp³-hybridized carbons (Fsp3) is 0.417. The normalized spacial score (nSPS) is 12.0. The number of nitrogens with one attached hydrogen (secondary N) is 1. The molecule has 0 unspecified atom stereocenters. The van der Waals surface area contributed by atoms with Gasteiger partial charge in [0, 0.05) is 17.1 Å². The summed E-state index contributed by atoms with van der Waals surface area (Å²) in [5.74, 6) is 0.645. The average molecular weight is 475 g/mol. The van der Waals surface area contributed by atoms with E-state index in [0.29, 0.717) is 18.2 Å². The summed E-state index contributed by atoms with van der Waals surface area (Å²) in [4.78, 5) is 27.1. The number of amides is 2. The standard InChI is InChI=1S/C24H31BrN2O3/c1-16(2)20-8-12-22(13-9-20)30-15-23(28)27(18(5)24(29)26-17(3)4)14-19-6-10-21(25)11-7-19/h6-13,16-18H,14-15H2,1-5H3,(H,26,29)/t18-/m0/s1. The van der Waals surface area contributed by atoms with Crippen LogP contribution in [0.3, 0.4) is 0 Å². The van der Waals surface area contributed by atoms with Crippen LogP contribution >= 0.6 is 15.9 Å². The van der Waals surface area contributed by atoms with Crippen LogP contribution in [0.15, 0.2) is 53.0 Å². The molecule has 0 saturated carbocycles. The summed E-state index contributed by atoms with van der Waals surface area (Å²) < 4.78 is 6.68. The van der Waals surface area contributed by atoms with Gasteiger partial charge in [0.2, 0.25) is 5.91 Å². The van der Waals surface area contributed by atoms with Crippen molar-refractivity contribution in [2.45, 2.75) is 59.2 Å². The van der Waals surface area contributed by atoms with Crippen LogP contribution in [0.2, 0.25) is 0 Å². The summed E-state index contributed by atoms with van der Waals surface area (Å²) in [7, 11) is 0. The topological polar surface area (TPSA) is 58.6 Å². The molecule has 5 nitrogen and oxygen atoms in total. The number of carbonyl (C=O) groups is 2. The van der Waals surface area contributed by atoms with Crippen LogP contribution in [0, 0.1) is 0 Å². The van der Waals surface area contributed by atoms with E-state index in [4.69, 9.17) is 4.74 Å². The predicted molar refractivity (Wildman–Crippen MR) is 123 cm³/mol. The molecule has 1 atom stereocenters. The highest BCUT2D eigenvalue weighted by Crippen LogP contribution is 2.19. The van der Waals surface area contributed by atoms with Crippen LogP contribution in [0.25, 0.3) is 0 Å². The van der Waals surface area contributed by atoms with Crippen molar-refractivity contribution in [3.8, 4) is 5.75 Å². The van der Waals surface area contributed by atoms with E-state index >= 15 is 0 Å². The second-order valence-electron chi connectivity index (χ2n) is 8.00. The van der Waals surface area contributed by atoms with Gasteiger partial charge in [0.15, 0.2) is 6.61 Å². The van der Waals surface area contributed by atoms with E-state index in [0.717, 1.165) is 10.0 Å². The largest absolute Gasteiger partial charge is 0.484 e. The maximum Gasteiger partial charge on any atom is 0.261 e. The molecule has 1 N–H and O–H groups in total. The van der Waals surface area contributed by atoms with Gasteiger partial charge in [-0.1, -0.05) is 54.0 Å². The molecule has 0 radical (unpaired) electrons. The molecule has 0 heterocycles. The van der Waals surface area contributed by atoms with Gasteiger partial charge in [-0.3, -0.25) is 9.59 Å². The minimum absolute atomic E-state index is 0.000282. The molecule has 2 aromatic rings. The van der Waals surface area contributed by atoms with Crippen LogP contribution in [0.4, 0.5) is 0 Å². The average Bonchev–Trinajstić information content (AvgIpc) is 2.70. The molecule has 162 valence electrons. The van der Waals surface area contributed by atoms with Gasteiger partial charge >= 0.3 is 0 Å². The Kier molecular flexibility index (Phi) is 8.90. The van der Waals surface area contributed by atoms with E-state index in [-0.39, 0.29) is 24.5 Å². The summed E-state index contributed by atoms with van der Waals surface area (Å²) in [5, 5.41) is 2.88. The lowest BCUT2D eigenvalue weighted by atomic mass is 10.0. The monoisotopic (exact) mass is 474 g/mol. The number of nitrogens with zero attached hydrogens (tertiary/aromatic N) is 1. The molecule has 0 bridgehead atoms. The van der Waals surface area contributed by atoms with Crippen LogP contribution in [-0.2, 0) is 16.1 Å². The van der Waals surface area contributed by atoms with Gasteiger partial charge in [0.05, 0.1) is 0 Å². The number of halogens is 1. The van der Waals surface area contributed by atoms with Gasteiger partial charge in [-0.2, -0.15) is 0 Å². The predicted octanol–water partition coefficient (Wildman–Crippen LogP) is 4.89. The lowest BCUT2D eigenvalue weighted by Gasteiger charge is -2.29. The molecule has 2 amide bonds. The van der Waals surface area contributed by atoms with Crippen LogP contribution in [0.5, 0.6) is 5.75 Å². The Labute approximate surface area is 187 Å². The molecule has 0 saturated heterocycles. The van der Waals surface area contributed by atoms with Crippen LogP contribution < -0.4 is 10.1 Å². The van der Waals surface area contributed by atoms with E-state index in [1.807, 2.05) is 62.4 Å². The molecule has 2 rings (SSSR count). The Morgan fingerprint density at radius 3 is 2.10 bits per heavy atom. The lowest BCUT2D eigenvalue weighted by Crippen LogP contribution is -2.50. The minimum Gasteiger partial charge on any atom is -0.484 e. The first-order chi connectivity index (χ1) is 14.2. The third kappa shape index (κ3) is 7.17. The van der Waals surface area contributed by atoms with Gasteiger partial charge in [0.1, 0.15) is 11.8 Å². The van der Waals surface area contributed by atoms with Crippen molar-refractivity contribution in [3.63, 3.8) is 0 Å². The molecule has 0 spiro atoms. The molecular weight excluding hydrogens is 444 g/mol. The number of ether oxygens (including phenoxy) is 1. The summed E-state index contributed by atoms with van der Waals surface area (Å²) in [6.45, 7) is 9.99. The number of hydrogen-bond donors (Lipinski definition) is 1. The quantitative estimate of drug-likeness (QED) is 0.562. The Balaban J connectivity index is 2.11. The van der Waals surface area contributed by atoms with Crippen molar-refractivity contribution < 1.29 is 14.3 Å². The fourth-order valence-electron chi connectivity index (χ4n) is 2.95. The number of rotatable bonds is 9. The molecule has 0 fully saturated rings. The molecule has 0 aliphatic carbocycles. The first kappa shape index (κ1) is 23.9. The van der Waals surface area contributed by atoms with E-state index in [1.54, 1.807) is 11.8 Å². The van der Waals surface area contributed by atoms with E-state index in [2.05, 4.69) is 35.1 Å². The molecule has 0 aliphatic rings. The van der Waals surface area contributed by atoms with Gasteiger partial charge in [0.25, 0.3) is 5.91 Å². The van der Waals surface area contributed by atoms with E-state index < -0.39 is 6.04 Å². The van der Waals surface area contributed by atoms with Crippen molar-refractivity contribution in [2.75, 3.05) is 6.61 Å². The second-order valence-corrected chi connectivity index (χ2v) is 8.92. The molecule has 6 heteroatoms. The summed E-state index contributed by atoms with van der Waals surface area (Å²) in [6, 6.07) is 14.8. The smallest absolute Gasteiger partial charge is 0.261 e. The molecule has 30 heavy (non-hydrogen) atoms. The van der Waals surface area contributed by atoms with Crippen molar-refractivity contribution >= 4 is 27.7 Å². The maximum absolute atomic E-state index is 13.0.